The Balaban J connectivity index is 2.06. The number of thiophene rings is 1. The highest BCUT2D eigenvalue weighted by Crippen LogP contribution is 2.17. The molecule has 19 heavy (non-hydrogen) atoms. The van der Waals surface area contributed by atoms with Gasteiger partial charge in [0, 0.05) is 25.2 Å². The van der Waals surface area contributed by atoms with Crippen LogP contribution in [0.15, 0.2) is 12.1 Å². The molecule has 1 heterocycles. The summed E-state index contributed by atoms with van der Waals surface area (Å²) < 4.78 is 15.7. The normalized spacial score (nSPS) is 10.6. The number of methoxy groups -OCH3 is 1. The van der Waals surface area contributed by atoms with E-state index in [1.54, 1.807) is 13.2 Å². The van der Waals surface area contributed by atoms with E-state index in [2.05, 4.69) is 5.43 Å². The fourth-order valence-corrected chi connectivity index (χ4v) is 2.18. The van der Waals surface area contributed by atoms with Gasteiger partial charge in [-0.1, -0.05) is 0 Å². The van der Waals surface area contributed by atoms with Crippen LogP contribution in [-0.2, 0) is 20.8 Å². The second-order valence-electron chi connectivity index (χ2n) is 3.75. The number of rotatable bonds is 10. The van der Waals surface area contributed by atoms with Crippen LogP contribution in [0.5, 0.6) is 0 Å². The van der Waals surface area contributed by atoms with Crippen LogP contribution in [0, 0.1) is 0 Å². The summed E-state index contributed by atoms with van der Waals surface area (Å²) in [6.07, 6.45) is 0.839. The molecular weight excluding hydrogens is 268 g/mol. The Hall–Kier alpha value is -0.990. The van der Waals surface area contributed by atoms with Crippen molar-refractivity contribution in [1.29, 1.82) is 0 Å². The van der Waals surface area contributed by atoms with E-state index in [1.807, 2.05) is 6.07 Å². The van der Waals surface area contributed by atoms with Gasteiger partial charge in [0.2, 0.25) is 0 Å². The van der Waals surface area contributed by atoms with E-state index in [0.717, 1.165) is 11.3 Å². The molecule has 0 fully saturated rings. The highest BCUT2D eigenvalue weighted by atomic mass is 32.1. The molecule has 0 unspecified atom stereocenters. The van der Waals surface area contributed by atoms with Crippen molar-refractivity contribution in [3.05, 3.63) is 21.9 Å². The number of carbonyl (C=O) groups excluding carboxylic acids is 1. The Bertz CT molecular complexity index is 370. The summed E-state index contributed by atoms with van der Waals surface area (Å²) in [5.41, 5.74) is 2.10. The molecule has 3 N–H and O–H groups in total. The molecule has 0 atom stereocenters. The van der Waals surface area contributed by atoms with Crippen molar-refractivity contribution in [2.24, 2.45) is 5.84 Å². The smallest absolute Gasteiger partial charge is 0.275 e. The average molecular weight is 288 g/mol. The topological polar surface area (TPSA) is 82.8 Å². The number of hydrogen-bond acceptors (Lipinski definition) is 6. The highest BCUT2D eigenvalue weighted by molar-refractivity contribution is 7.14. The molecule has 6 nitrogen and oxygen atoms in total. The summed E-state index contributed by atoms with van der Waals surface area (Å²) in [6.45, 7) is 3.01. The van der Waals surface area contributed by atoms with Gasteiger partial charge in [-0.3, -0.25) is 10.2 Å². The minimum Gasteiger partial charge on any atom is -0.382 e. The molecule has 0 radical (unpaired) electrons. The fourth-order valence-electron chi connectivity index (χ4n) is 1.33. The van der Waals surface area contributed by atoms with Crippen LogP contribution < -0.4 is 11.3 Å². The molecule has 0 saturated carbocycles. The Labute approximate surface area is 116 Å². The largest absolute Gasteiger partial charge is 0.382 e. The van der Waals surface area contributed by atoms with Gasteiger partial charge in [-0.15, -0.1) is 11.3 Å². The van der Waals surface area contributed by atoms with Crippen LogP contribution in [0.3, 0.4) is 0 Å². The van der Waals surface area contributed by atoms with Gasteiger partial charge in [0.1, 0.15) is 0 Å². The molecule has 0 saturated heterocycles. The molecule has 1 amide bonds. The SMILES string of the molecule is COCCOCCCOCc1ccc(C(=O)NN)s1. The number of ether oxygens (including phenoxy) is 3. The summed E-state index contributed by atoms with van der Waals surface area (Å²) in [5.74, 6) is 4.78. The van der Waals surface area contributed by atoms with Gasteiger partial charge in [0.25, 0.3) is 5.91 Å². The molecule has 108 valence electrons. The van der Waals surface area contributed by atoms with E-state index < -0.39 is 0 Å². The van der Waals surface area contributed by atoms with Crippen LogP contribution in [0.25, 0.3) is 0 Å². The van der Waals surface area contributed by atoms with Crippen molar-refractivity contribution in [2.45, 2.75) is 13.0 Å². The van der Waals surface area contributed by atoms with Crippen molar-refractivity contribution in [3.8, 4) is 0 Å². The molecule has 0 bridgehead atoms. The molecule has 0 aliphatic heterocycles. The van der Waals surface area contributed by atoms with Gasteiger partial charge < -0.3 is 14.2 Å². The van der Waals surface area contributed by atoms with Gasteiger partial charge in [0.15, 0.2) is 0 Å². The van der Waals surface area contributed by atoms with Crippen molar-refractivity contribution in [1.82, 2.24) is 5.43 Å². The Morgan fingerprint density at radius 2 is 2.05 bits per heavy atom. The molecule has 1 aromatic heterocycles. The third-order valence-corrected chi connectivity index (χ3v) is 3.33. The fraction of sp³-hybridized carbons (Fsp3) is 0.583. The maximum absolute atomic E-state index is 11.2. The van der Waals surface area contributed by atoms with E-state index in [4.69, 9.17) is 20.1 Å². The number of nitrogens with two attached hydrogens (primary N) is 1. The Morgan fingerprint density at radius 1 is 1.26 bits per heavy atom. The zero-order chi connectivity index (χ0) is 13.9. The van der Waals surface area contributed by atoms with Crippen molar-refractivity contribution >= 4 is 17.2 Å². The number of carbonyl (C=O) groups is 1. The van der Waals surface area contributed by atoms with E-state index in [1.165, 1.54) is 11.3 Å². The Morgan fingerprint density at radius 3 is 2.79 bits per heavy atom. The molecular formula is C12H20N2O4S. The predicted octanol–water partition coefficient (Wildman–Crippen LogP) is 0.921. The van der Waals surface area contributed by atoms with E-state index >= 15 is 0 Å². The van der Waals surface area contributed by atoms with Gasteiger partial charge >= 0.3 is 0 Å². The molecule has 7 heteroatoms. The third-order valence-electron chi connectivity index (χ3n) is 2.27. The van der Waals surface area contributed by atoms with Gasteiger partial charge in [-0.05, 0) is 18.6 Å². The molecule has 1 rings (SSSR count). The minimum atomic E-state index is -0.275. The maximum Gasteiger partial charge on any atom is 0.275 e. The van der Waals surface area contributed by atoms with Crippen molar-refractivity contribution in [2.75, 3.05) is 33.5 Å². The lowest BCUT2D eigenvalue weighted by molar-refractivity contribution is 0.0488. The van der Waals surface area contributed by atoms with E-state index in [9.17, 15) is 4.79 Å². The Kier molecular flexibility index (Phi) is 8.35. The zero-order valence-corrected chi connectivity index (χ0v) is 11.8. The second-order valence-corrected chi connectivity index (χ2v) is 4.92. The first-order chi connectivity index (χ1) is 9.27. The number of hydrazine groups is 1. The standard InChI is InChI=1S/C12H20N2O4S/c1-16-7-8-17-5-2-6-18-9-10-3-4-11(19-10)12(15)14-13/h3-4H,2,5-9,13H2,1H3,(H,14,15). The predicted molar refractivity (Wildman–Crippen MR) is 72.9 cm³/mol. The monoisotopic (exact) mass is 288 g/mol. The lowest BCUT2D eigenvalue weighted by atomic mass is 10.4. The summed E-state index contributed by atoms with van der Waals surface area (Å²) in [5, 5.41) is 0. The van der Waals surface area contributed by atoms with Crippen LogP contribution in [0.4, 0.5) is 0 Å². The van der Waals surface area contributed by atoms with E-state index in [0.29, 0.717) is 37.9 Å². The van der Waals surface area contributed by atoms with Gasteiger partial charge in [-0.2, -0.15) is 0 Å². The lowest BCUT2D eigenvalue weighted by Gasteiger charge is -2.04. The van der Waals surface area contributed by atoms with Crippen LogP contribution in [0.2, 0.25) is 0 Å². The third kappa shape index (κ3) is 6.65. The summed E-state index contributed by atoms with van der Waals surface area (Å²) in [6, 6.07) is 3.60. The van der Waals surface area contributed by atoms with Gasteiger partial charge in [-0.25, -0.2) is 5.84 Å². The molecule has 0 aliphatic rings. The second kappa shape index (κ2) is 9.88. The number of hydrogen-bond donors (Lipinski definition) is 2. The molecule has 0 spiro atoms. The summed E-state index contributed by atoms with van der Waals surface area (Å²) in [7, 11) is 1.65. The number of nitrogen functional groups attached to an aromatic ring is 1. The van der Waals surface area contributed by atoms with Crippen LogP contribution in [-0.4, -0.2) is 39.4 Å². The summed E-state index contributed by atoms with van der Waals surface area (Å²) >= 11 is 1.38. The van der Waals surface area contributed by atoms with Crippen molar-refractivity contribution < 1.29 is 19.0 Å². The number of nitrogens with one attached hydrogen (secondary N) is 1. The average Bonchev–Trinajstić information content (AvgIpc) is 2.89. The zero-order valence-electron chi connectivity index (χ0n) is 11.0. The lowest BCUT2D eigenvalue weighted by Crippen LogP contribution is -2.29. The summed E-state index contributed by atoms with van der Waals surface area (Å²) in [4.78, 5) is 12.8. The first-order valence-electron chi connectivity index (χ1n) is 6.02. The van der Waals surface area contributed by atoms with Crippen LogP contribution in [0.1, 0.15) is 21.0 Å². The van der Waals surface area contributed by atoms with Crippen LogP contribution >= 0.6 is 11.3 Å². The van der Waals surface area contributed by atoms with Gasteiger partial charge in [0.05, 0.1) is 24.7 Å². The molecule has 0 aliphatic carbocycles. The highest BCUT2D eigenvalue weighted by Gasteiger charge is 2.07. The minimum absolute atomic E-state index is 0.275. The first-order valence-corrected chi connectivity index (χ1v) is 6.83. The molecule has 1 aromatic rings. The first kappa shape index (κ1) is 16.1. The maximum atomic E-state index is 11.2. The quantitative estimate of drug-likeness (QED) is 0.289. The van der Waals surface area contributed by atoms with Crippen molar-refractivity contribution in [3.63, 3.8) is 0 Å². The number of amides is 1. The molecule has 0 aromatic carbocycles. The van der Waals surface area contributed by atoms with E-state index in [-0.39, 0.29) is 5.91 Å².